The van der Waals surface area contributed by atoms with E-state index in [0.29, 0.717) is 0 Å². The van der Waals surface area contributed by atoms with Crippen LogP contribution < -0.4 is 10.1 Å². The molecular weight excluding hydrogens is 256 g/mol. The summed E-state index contributed by atoms with van der Waals surface area (Å²) in [7, 11) is 0. The van der Waals surface area contributed by atoms with Gasteiger partial charge < -0.3 is 10.1 Å². The first-order valence-electron chi connectivity index (χ1n) is 6.69. The van der Waals surface area contributed by atoms with Gasteiger partial charge in [-0.2, -0.15) is 0 Å². The van der Waals surface area contributed by atoms with E-state index in [1.54, 1.807) is 11.3 Å². The fourth-order valence-electron chi connectivity index (χ4n) is 1.69. The predicted molar refractivity (Wildman–Crippen MR) is 79.5 cm³/mol. The Hall–Kier alpha value is -1.39. The van der Waals surface area contributed by atoms with Crippen LogP contribution in [-0.2, 0) is 13.1 Å². The van der Waals surface area contributed by atoms with Gasteiger partial charge in [0.05, 0.1) is 6.61 Å². The standard InChI is InChI=1S/C15H20N2OS/c1-2-3-9-18-14-6-4-13(5-7-14)11-16-12-15-17-8-10-19-15/h4-8,10,16H,2-3,9,11-12H2,1H3. The van der Waals surface area contributed by atoms with Crippen LogP contribution in [0.1, 0.15) is 30.3 Å². The molecule has 0 unspecified atom stereocenters. The van der Waals surface area contributed by atoms with Gasteiger partial charge in [-0.05, 0) is 24.1 Å². The second kappa shape index (κ2) is 7.92. The molecule has 1 heterocycles. The summed E-state index contributed by atoms with van der Waals surface area (Å²) in [5, 5.41) is 6.51. The molecule has 0 saturated heterocycles. The number of benzene rings is 1. The van der Waals surface area contributed by atoms with Gasteiger partial charge in [0, 0.05) is 24.7 Å². The largest absolute Gasteiger partial charge is 0.494 e. The smallest absolute Gasteiger partial charge is 0.119 e. The Balaban J connectivity index is 1.72. The van der Waals surface area contributed by atoms with Crippen molar-refractivity contribution >= 4 is 11.3 Å². The van der Waals surface area contributed by atoms with E-state index in [2.05, 4.69) is 29.4 Å². The zero-order chi connectivity index (χ0) is 13.3. The Labute approximate surface area is 118 Å². The third-order valence-electron chi connectivity index (χ3n) is 2.78. The first-order valence-corrected chi connectivity index (χ1v) is 7.57. The van der Waals surface area contributed by atoms with Gasteiger partial charge >= 0.3 is 0 Å². The van der Waals surface area contributed by atoms with Crippen LogP contribution in [0.5, 0.6) is 5.75 Å². The molecule has 1 aromatic heterocycles. The van der Waals surface area contributed by atoms with Crippen LogP contribution >= 0.6 is 11.3 Å². The van der Waals surface area contributed by atoms with Gasteiger partial charge in [-0.3, -0.25) is 0 Å². The van der Waals surface area contributed by atoms with Crippen LogP contribution in [0.25, 0.3) is 0 Å². The molecule has 0 spiro atoms. The summed E-state index contributed by atoms with van der Waals surface area (Å²) in [5.74, 6) is 0.956. The van der Waals surface area contributed by atoms with E-state index in [0.717, 1.165) is 36.9 Å². The predicted octanol–water partition coefficient (Wildman–Crippen LogP) is 3.61. The molecule has 0 saturated carbocycles. The number of unbranched alkanes of at least 4 members (excludes halogenated alkanes) is 1. The molecule has 0 atom stereocenters. The number of hydrogen-bond donors (Lipinski definition) is 1. The highest BCUT2D eigenvalue weighted by molar-refractivity contribution is 7.09. The maximum absolute atomic E-state index is 5.64. The second-order valence-corrected chi connectivity index (χ2v) is 5.35. The molecule has 2 aromatic rings. The molecule has 0 fully saturated rings. The number of rotatable bonds is 8. The molecule has 19 heavy (non-hydrogen) atoms. The lowest BCUT2D eigenvalue weighted by Crippen LogP contribution is -2.12. The van der Waals surface area contributed by atoms with Crippen LogP contribution in [-0.4, -0.2) is 11.6 Å². The van der Waals surface area contributed by atoms with Crippen molar-refractivity contribution in [3.05, 3.63) is 46.4 Å². The van der Waals surface area contributed by atoms with Gasteiger partial charge in [0.15, 0.2) is 0 Å². The molecule has 0 aliphatic heterocycles. The number of nitrogens with zero attached hydrogens (tertiary/aromatic N) is 1. The number of hydrogen-bond acceptors (Lipinski definition) is 4. The third-order valence-corrected chi connectivity index (χ3v) is 3.56. The summed E-state index contributed by atoms with van der Waals surface area (Å²) in [5.41, 5.74) is 1.26. The van der Waals surface area contributed by atoms with Crippen molar-refractivity contribution in [1.29, 1.82) is 0 Å². The number of aromatic nitrogens is 1. The average molecular weight is 276 g/mol. The molecular formula is C15H20N2OS. The fraction of sp³-hybridized carbons (Fsp3) is 0.400. The van der Waals surface area contributed by atoms with E-state index in [4.69, 9.17) is 4.74 Å². The maximum Gasteiger partial charge on any atom is 0.119 e. The van der Waals surface area contributed by atoms with Crippen LogP contribution in [0.2, 0.25) is 0 Å². The average Bonchev–Trinajstić information content (AvgIpc) is 2.94. The van der Waals surface area contributed by atoms with Crippen LogP contribution in [0.15, 0.2) is 35.8 Å². The summed E-state index contributed by atoms with van der Waals surface area (Å²) in [6, 6.07) is 8.29. The minimum absolute atomic E-state index is 0.804. The van der Waals surface area contributed by atoms with Crippen molar-refractivity contribution in [2.24, 2.45) is 0 Å². The normalized spacial score (nSPS) is 10.6. The van der Waals surface area contributed by atoms with E-state index in [9.17, 15) is 0 Å². The highest BCUT2D eigenvalue weighted by atomic mass is 32.1. The van der Waals surface area contributed by atoms with Crippen molar-refractivity contribution in [2.45, 2.75) is 32.9 Å². The summed E-state index contributed by atoms with van der Waals surface area (Å²) in [6.45, 7) is 4.65. The SMILES string of the molecule is CCCCOc1ccc(CNCc2nccs2)cc1. The molecule has 1 aromatic carbocycles. The lowest BCUT2D eigenvalue weighted by atomic mass is 10.2. The first-order chi connectivity index (χ1) is 9.38. The molecule has 102 valence electrons. The Morgan fingerprint density at radius 1 is 1.21 bits per heavy atom. The highest BCUT2D eigenvalue weighted by Crippen LogP contribution is 2.13. The van der Waals surface area contributed by atoms with Crippen molar-refractivity contribution in [3.8, 4) is 5.75 Å². The molecule has 0 aliphatic rings. The zero-order valence-corrected chi connectivity index (χ0v) is 12.1. The number of thiazole rings is 1. The van der Waals surface area contributed by atoms with Gasteiger partial charge in [-0.15, -0.1) is 11.3 Å². The quantitative estimate of drug-likeness (QED) is 0.748. The maximum atomic E-state index is 5.64. The lowest BCUT2D eigenvalue weighted by Gasteiger charge is -2.07. The van der Waals surface area contributed by atoms with E-state index < -0.39 is 0 Å². The topological polar surface area (TPSA) is 34.1 Å². The summed E-state index contributed by atoms with van der Waals surface area (Å²) in [6.07, 6.45) is 4.11. The zero-order valence-electron chi connectivity index (χ0n) is 11.3. The summed E-state index contributed by atoms with van der Waals surface area (Å²) >= 11 is 1.68. The van der Waals surface area contributed by atoms with Gasteiger partial charge in [-0.25, -0.2) is 4.98 Å². The van der Waals surface area contributed by atoms with E-state index in [1.165, 1.54) is 12.0 Å². The van der Waals surface area contributed by atoms with E-state index >= 15 is 0 Å². The molecule has 2 rings (SSSR count). The Kier molecular flexibility index (Phi) is 5.85. The lowest BCUT2D eigenvalue weighted by molar-refractivity contribution is 0.309. The Morgan fingerprint density at radius 3 is 2.74 bits per heavy atom. The highest BCUT2D eigenvalue weighted by Gasteiger charge is 1.97. The molecule has 0 radical (unpaired) electrons. The monoisotopic (exact) mass is 276 g/mol. The molecule has 0 amide bonds. The Bertz CT molecular complexity index is 454. The van der Waals surface area contributed by atoms with E-state index in [1.807, 2.05) is 23.7 Å². The number of ether oxygens (including phenoxy) is 1. The minimum Gasteiger partial charge on any atom is -0.494 e. The van der Waals surface area contributed by atoms with Gasteiger partial charge in [0.1, 0.15) is 10.8 Å². The first kappa shape index (κ1) is 14.0. The van der Waals surface area contributed by atoms with Gasteiger partial charge in [0.25, 0.3) is 0 Å². The van der Waals surface area contributed by atoms with Crippen LogP contribution in [0.4, 0.5) is 0 Å². The summed E-state index contributed by atoms with van der Waals surface area (Å²) < 4.78 is 5.64. The minimum atomic E-state index is 0.804. The van der Waals surface area contributed by atoms with E-state index in [-0.39, 0.29) is 0 Å². The van der Waals surface area contributed by atoms with Crippen molar-refractivity contribution in [1.82, 2.24) is 10.3 Å². The summed E-state index contributed by atoms with van der Waals surface area (Å²) in [4.78, 5) is 4.24. The second-order valence-electron chi connectivity index (χ2n) is 4.38. The molecule has 1 N–H and O–H groups in total. The fourth-order valence-corrected chi connectivity index (χ4v) is 2.28. The van der Waals surface area contributed by atoms with Gasteiger partial charge in [0.2, 0.25) is 0 Å². The Morgan fingerprint density at radius 2 is 2.05 bits per heavy atom. The van der Waals surface area contributed by atoms with Gasteiger partial charge in [-0.1, -0.05) is 25.5 Å². The van der Waals surface area contributed by atoms with Crippen molar-refractivity contribution < 1.29 is 4.74 Å². The third kappa shape index (κ3) is 5.01. The molecule has 0 aliphatic carbocycles. The molecule has 0 bridgehead atoms. The van der Waals surface area contributed by atoms with Crippen molar-refractivity contribution in [2.75, 3.05) is 6.61 Å². The van der Waals surface area contributed by atoms with Crippen molar-refractivity contribution in [3.63, 3.8) is 0 Å². The molecule has 3 nitrogen and oxygen atoms in total. The number of nitrogens with one attached hydrogen (secondary N) is 1. The molecule has 4 heteroatoms. The van der Waals surface area contributed by atoms with Crippen LogP contribution in [0.3, 0.4) is 0 Å². The van der Waals surface area contributed by atoms with Crippen LogP contribution in [0, 0.1) is 0 Å².